The monoisotopic (exact) mass is 601 g/mol. The second kappa shape index (κ2) is 13.5. The van der Waals surface area contributed by atoms with Crippen LogP contribution in [-0.4, -0.2) is 47.3 Å². The van der Waals surface area contributed by atoms with Gasteiger partial charge in [0.25, 0.3) is 15.9 Å². The second-order valence-electron chi connectivity index (χ2n) is 9.14. The summed E-state index contributed by atoms with van der Waals surface area (Å²) in [5, 5.41) is 5.68. The van der Waals surface area contributed by atoms with Crippen molar-refractivity contribution in [3.05, 3.63) is 102 Å². The minimum atomic E-state index is -4.27. The molecule has 0 spiro atoms. The molecule has 11 nitrogen and oxygen atoms in total. The molecule has 1 amide bonds. The number of aliphatic imine (C=N–C) groups is 1. The summed E-state index contributed by atoms with van der Waals surface area (Å²) in [5.41, 5.74) is 8.87. The van der Waals surface area contributed by atoms with E-state index < -0.39 is 10.0 Å². The number of ether oxygens (including phenoxy) is 3. The van der Waals surface area contributed by atoms with Gasteiger partial charge in [-0.05, 0) is 61.0 Å². The molecule has 0 bridgehead atoms. The van der Waals surface area contributed by atoms with E-state index in [0.29, 0.717) is 39.9 Å². The third kappa shape index (κ3) is 7.89. The van der Waals surface area contributed by atoms with Crippen molar-refractivity contribution in [2.45, 2.75) is 11.8 Å². The molecule has 12 heteroatoms. The zero-order valence-electron chi connectivity index (χ0n) is 24.0. The largest absolute Gasteiger partial charge is 0.497 e. The van der Waals surface area contributed by atoms with Crippen molar-refractivity contribution in [3.8, 4) is 17.2 Å². The number of hydrogen-bond acceptors (Lipinski definition) is 7. The predicted octanol–water partition coefficient (Wildman–Crippen LogP) is 5.16. The van der Waals surface area contributed by atoms with E-state index in [1.165, 1.54) is 45.6 Å². The van der Waals surface area contributed by atoms with E-state index in [1.54, 1.807) is 60.7 Å². The molecule has 4 N–H and O–H groups in total. The Morgan fingerprint density at radius 3 is 2.00 bits per heavy atom. The molecule has 0 unspecified atom stereocenters. The number of benzene rings is 4. The van der Waals surface area contributed by atoms with Crippen LogP contribution in [-0.2, 0) is 10.0 Å². The second-order valence-corrected chi connectivity index (χ2v) is 10.7. The Kier molecular flexibility index (Phi) is 9.63. The van der Waals surface area contributed by atoms with Crippen LogP contribution in [0, 0.1) is 6.92 Å². The fraction of sp³-hybridized carbons (Fsp3) is 0.129. The van der Waals surface area contributed by atoms with E-state index >= 15 is 0 Å². The van der Waals surface area contributed by atoms with Crippen molar-refractivity contribution < 1.29 is 27.4 Å². The van der Waals surface area contributed by atoms with Gasteiger partial charge in [0.05, 0.1) is 31.9 Å². The number of nitrogens with zero attached hydrogens (tertiary/aromatic N) is 2. The van der Waals surface area contributed by atoms with Crippen LogP contribution in [0.25, 0.3) is 0 Å². The molecule has 222 valence electrons. The Morgan fingerprint density at radius 1 is 0.767 bits per heavy atom. The molecular formula is C31H31N5O6S. The van der Waals surface area contributed by atoms with Gasteiger partial charge in [-0.2, -0.15) is 8.42 Å². The minimum Gasteiger partial charge on any atom is -0.497 e. The number of rotatable bonds is 9. The number of nitrogens with one attached hydrogen (secondary N) is 2. The number of methoxy groups -OCH3 is 3. The van der Waals surface area contributed by atoms with E-state index in [0.717, 1.165) is 5.56 Å². The van der Waals surface area contributed by atoms with Crippen LogP contribution in [0.5, 0.6) is 17.2 Å². The molecule has 0 aliphatic heterocycles. The van der Waals surface area contributed by atoms with Gasteiger partial charge in [0.15, 0.2) is 11.7 Å². The standard InChI is InChI=1S/C31H31N5O6S/c1-20-10-11-21(16-28(20)42-4)31(37)35-23-12-14-27(15-13-23)43(38,39)36-30(34-22-8-6-5-7-9-22)29(32)33-24-17-25(40-2)19-26(18-24)41-3/h5-19H,1-4H3,(H2,32,33)(H,34,36)(H,35,37). The molecule has 0 radical (unpaired) electrons. The molecule has 0 saturated heterocycles. The van der Waals surface area contributed by atoms with Crippen LogP contribution in [0.3, 0.4) is 0 Å². The van der Waals surface area contributed by atoms with Crippen molar-refractivity contribution in [2.24, 2.45) is 15.1 Å². The van der Waals surface area contributed by atoms with Crippen molar-refractivity contribution >= 4 is 44.7 Å². The number of para-hydroxylation sites is 1. The third-order valence-corrected chi connectivity index (χ3v) is 7.45. The van der Waals surface area contributed by atoms with Gasteiger partial charge in [0.1, 0.15) is 17.2 Å². The Labute approximate surface area is 250 Å². The molecule has 0 saturated carbocycles. The quantitative estimate of drug-likeness (QED) is 0.176. The summed E-state index contributed by atoms with van der Waals surface area (Å²) in [6.07, 6.45) is 0. The van der Waals surface area contributed by atoms with Gasteiger partial charge >= 0.3 is 0 Å². The molecule has 4 rings (SSSR count). The SMILES string of the molecule is COc1cc(N=C(N)/C(=N\S(=O)(=O)c2ccc(NC(=O)c3ccc(C)c(OC)c3)cc2)Nc2ccccc2)cc(OC)c1. The number of anilines is 2. The maximum atomic E-state index is 13.4. The Morgan fingerprint density at radius 2 is 1.40 bits per heavy atom. The number of aryl methyl sites for hydroxylation is 1. The first-order valence-electron chi connectivity index (χ1n) is 12.9. The normalized spacial score (nSPS) is 11.9. The van der Waals surface area contributed by atoms with Gasteiger partial charge in [0, 0.05) is 35.1 Å². The topological polar surface area (TPSA) is 154 Å². The average molecular weight is 602 g/mol. The molecule has 0 aliphatic rings. The minimum absolute atomic E-state index is 0.120. The third-order valence-electron chi connectivity index (χ3n) is 6.16. The Balaban J connectivity index is 1.63. The highest BCUT2D eigenvalue weighted by molar-refractivity contribution is 7.90. The van der Waals surface area contributed by atoms with Gasteiger partial charge < -0.3 is 30.6 Å². The Hall–Kier alpha value is -5.36. The van der Waals surface area contributed by atoms with E-state index in [4.69, 9.17) is 19.9 Å². The molecule has 4 aromatic rings. The molecule has 0 aromatic heterocycles. The zero-order chi connectivity index (χ0) is 31.0. The van der Waals surface area contributed by atoms with Gasteiger partial charge in [0.2, 0.25) is 0 Å². The number of nitrogens with two attached hydrogens (primary N) is 1. The average Bonchev–Trinajstić information content (AvgIpc) is 3.01. The summed E-state index contributed by atoms with van der Waals surface area (Å²) in [6, 6.07) is 24.4. The van der Waals surface area contributed by atoms with Gasteiger partial charge in [-0.15, -0.1) is 4.40 Å². The van der Waals surface area contributed by atoms with Crippen molar-refractivity contribution in [3.63, 3.8) is 0 Å². The van der Waals surface area contributed by atoms with Crippen LogP contribution in [0.2, 0.25) is 0 Å². The summed E-state index contributed by atoms with van der Waals surface area (Å²) in [7, 11) is 0.259. The van der Waals surface area contributed by atoms with Crippen LogP contribution < -0.4 is 30.6 Å². The first kappa shape index (κ1) is 30.6. The summed E-state index contributed by atoms with van der Waals surface area (Å²) in [4.78, 5) is 17.0. The lowest BCUT2D eigenvalue weighted by Crippen LogP contribution is -2.31. The van der Waals surface area contributed by atoms with Gasteiger partial charge in [-0.1, -0.05) is 24.3 Å². The van der Waals surface area contributed by atoms with Gasteiger partial charge in [-0.25, -0.2) is 4.99 Å². The highest BCUT2D eigenvalue weighted by Gasteiger charge is 2.18. The summed E-state index contributed by atoms with van der Waals surface area (Å²) >= 11 is 0. The van der Waals surface area contributed by atoms with E-state index in [9.17, 15) is 13.2 Å². The van der Waals surface area contributed by atoms with E-state index in [2.05, 4.69) is 20.0 Å². The number of sulfonamides is 1. The highest BCUT2D eigenvalue weighted by Crippen LogP contribution is 2.28. The fourth-order valence-electron chi connectivity index (χ4n) is 3.89. The number of hydrogen-bond donors (Lipinski definition) is 3. The highest BCUT2D eigenvalue weighted by atomic mass is 32.2. The first-order chi connectivity index (χ1) is 20.6. The molecule has 0 heterocycles. The first-order valence-corrected chi connectivity index (χ1v) is 14.4. The number of amidine groups is 2. The van der Waals surface area contributed by atoms with Crippen LogP contribution in [0.15, 0.2) is 105 Å². The molecule has 0 fully saturated rings. The van der Waals surface area contributed by atoms with Crippen LogP contribution in [0.4, 0.5) is 17.1 Å². The van der Waals surface area contributed by atoms with Crippen molar-refractivity contribution in [2.75, 3.05) is 32.0 Å². The maximum Gasteiger partial charge on any atom is 0.284 e. The van der Waals surface area contributed by atoms with Gasteiger partial charge in [-0.3, -0.25) is 4.79 Å². The van der Waals surface area contributed by atoms with Crippen molar-refractivity contribution in [1.82, 2.24) is 0 Å². The van der Waals surface area contributed by atoms with Crippen molar-refractivity contribution in [1.29, 1.82) is 0 Å². The fourth-order valence-corrected chi connectivity index (χ4v) is 4.85. The van der Waals surface area contributed by atoms with Crippen LogP contribution >= 0.6 is 0 Å². The smallest absolute Gasteiger partial charge is 0.284 e. The number of carbonyl (C=O) groups is 1. The molecule has 43 heavy (non-hydrogen) atoms. The zero-order valence-corrected chi connectivity index (χ0v) is 24.8. The number of carbonyl (C=O) groups excluding carboxylic acids is 1. The summed E-state index contributed by atoms with van der Waals surface area (Å²) in [6.45, 7) is 1.87. The number of amides is 1. The van der Waals surface area contributed by atoms with Crippen LogP contribution in [0.1, 0.15) is 15.9 Å². The lowest BCUT2D eigenvalue weighted by molar-refractivity contribution is 0.102. The molecule has 0 aliphatic carbocycles. The lowest BCUT2D eigenvalue weighted by atomic mass is 10.1. The molecule has 4 aromatic carbocycles. The van der Waals surface area contributed by atoms with E-state index in [1.807, 2.05) is 13.0 Å². The summed E-state index contributed by atoms with van der Waals surface area (Å²) < 4.78 is 46.6. The van der Waals surface area contributed by atoms with E-state index in [-0.39, 0.29) is 22.5 Å². The molecule has 0 atom stereocenters. The predicted molar refractivity (Wildman–Crippen MR) is 168 cm³/mol. The summed E-state index contributed by atoms with van der Waals surface area (Å²) in [5.74, 6) is 0.766. The lowest BCUT2D eigenvalue weighted by Gasteiger charge is -2.11. The maximum absolute atomic E-state index is 13.4. The Bertz CT molecular complexity index is 1750. The molecular weight excluding hydrogens is 570 g/mol.